The minimum Gasteiger partial charge on any atom is -0.497 e. The summed E-state index contributed by atoms with van der Waals surface area (Å²) >= 11 is 12.5. The monoisotopic (exact) mass is 296 g/mol. The molecule has 0 amide bonds. The topological polar surface area (TPSA) is 18.5 Å². The van der Waals surface area contributed by atoms with Crippen LogP contribution in [0.4, 0.5) is 0 Å². The van der Waals surface area contributed by atoms with Gasteiger partial charge in [-0.3, -0.25) is 0 Å². The Morgan fingerprint density at radius 2 is 1.79 bits per heavy atom. The van der Waals surface area contributed by atoms with Crippen molar-refractivity contribution in [3.05, 3.63) is 58.6 Å². The average Bonchev–Trinajstić information content (AvgIpc) is 2.46. The van der Waals surface area contributed by atoms with Gasteiger partial charge in [-0.05, 0) is 35.9 Å². The fourth-order valence-corrected chi connectivity index (χ4v) is 2.37. The molecular weight excluding hydrogens is 283 g/mol. The van der Waals surface area contributed by atoms with Gasteiger partial charge in [0.05, 0.1) is 19.6 Å². The normalized spacial score (nSPS) is 12.0. The molecule has 0 spiro atoms. The van der Waals surface area contributed by atoms with Gasteiger partial charge in [-0.1, -0.05) is 23.7 Å². The third-order valence-corrected chi connectivity index (χ3v) is 3.57. The molecule has 1 atom stereocenters. The summed E-state index contributed by atoms with van der Waals surface area (Å²) in [6, 6.07) is 13.0. The second-order valence-corrected chi connectivity index (χ2v) is 4.90. The molecule has 100 valence electrons. The van der Waals surface area contributed by atoms with Crippen LogP contribution >= 0.6 is 23.2 Å². The number of alkyl halides is 1. The molecule has 0 N–H and O–H groups in total. The summed E-state index contributed by atoms with van der Waals surface area (Å²) in [5, 5.41) is 0.285. The van der Waals surface area contributed by atoms with Gasteiger partial charge in [-0.15, -0.1) is 11.6 Å². The molecule has 2 aromatic rings. The quantitative estimate of drug-likeness (QED) is 0.762. The zero-order valence-electron chi connectivity index (χ0n) is 10.7. The maximum Gasteiger partial charge on any atom is 0.123 e. The van der Waals surface area contributed by atoms with Crippen LogP contribution in [0.3, 0.4) is 0 Å². The van der Waals surface area contributed by atoms with E-state index in [9.17, 15) is 0 Å². The molecule has 0 aliphatic rings. The molecule has 0 heterocycles. The van der Waals surface area contributed by atoms with Gasteiger partial charge in [-0.2, -0.15) is 0 Å². The van der Waals surface area contributed by atoms with Crippen molar-refractivity contribution in [2.24, 2.45) is 0 Å². The van der Waals surface area contributed by atoms with Gasteiger partial charge >= 0.3 is 0 Å². The highest BCUT2D eigenvalue weighted by Crippen LogP contribution is 2.37. The van der Waals surface area contributed by atoms with Crippen molar-refractivity contribution in [2.45, 2.75) is 5.38 Å². The zero-order chi connectivity index (χ0) is 13.8. The summed E-state index contributed by atoms with van der Waals surface area (Å²) in [7, 11) is 3.24. The van der Waals surface area contributed by atoms with E-state index in [-0.39, 0.29) is 5.38 Å². The molecule has 0 saturated heterocycles. The molecule has 1 unspecified atom stereocenters. The van der Waals surface area contributed by atoms with Crippen LogP contribution in [-0.2, 0) is 0 Å². The first-order chi connectivity index (χ1) is 9.15. The van der Waals surface area contributed by atoms with E-state index in [1.165, 1.54) is 0 Å². The smallest absolute Gasteiger partial charge is 0.123 e. The van der Waals surface area contributed by atoms with Crippen molar-refractivity contribution < 1.29 is 9.47 Å². The van der Waals surface area contributed by atoms with E-state index in [2.05, 4.69) is 0 Å². The van der Waals surface area contributed by atoms with Crippen LogP contribution in [0.2, 0.25) is 5.02 Å². The highest BCUT2D eigenvalue weighted by molar-refractivity contribution is 6.31. The lowest BCUT2D eigenvalue weighted by Gasteiger charge is -2.15. The SMILES string of the molecule is COc1cccc(C(Cl)c2cc(Cl)ccc2OC)c1. The van der Waals surface area contributed by atoms with E-state index in [4.69, 9.17) is 32.7 Å². The first-order valence-corrected chi connectivity index (χ1v) is 6.58. The molecule has 19 heavy (non-hydrogen) atoms. The van der Waals surface area contributed by atoms with Crippen LogP contribution in [0.1, 0.15) is 16.5 Å². The Bertz CT molecular complexity index is 570. The second-order valence-electron chi connectivity index (χ2n) is 4.03. The number of halogens is 2. The molecule has 0 aliphatic carbocycles. The molecular formula is C15H14Cl2O2. The highest BCUT2D eigenvalue weighted by atomic mass is 35.5. The standard InChI is InChI=1S/C15H14Cl2O2/c1-18-12-5-3-4-10(8-12)15(17)13-9-11(16)6-7-14(13)19-2/h3-9,15H,1-2H3. The lowest BCUT2D eigenvalue weighted by molar-refractivity contribution is 0.409. The van der Waals surface area contributed by atoms with Gasteiger partial charge in [0.1, 0.15) is 11.5 Å². The third kappa shape index (κ3) is 3.14. The Balaban J connectivity index is 2.42. The Morgan fingerprint density at radius 1 is 1.00 bits per heavy atom. The van der Waals surface area contributed by atoms with Gasteiger partial charge < -0.3 is 9.47 Å². The molecule has 0 aromatic heterocycles. The third-order valence-electron chi connectivity index (χ3n) is 2.85. The minimum atomic E-state index is -0.344. The fourth-order valence-electron chi connectivity index (χ4n) is 1.88. The van der Waals surface area contributed by atoms with E-state index in [1.807, 2.05) is 36.4 Å². The molecule has 2 rings (SSSR count). The Hall–Kier alpha value is -1.38. The van der Waals surface area contributed by atoms with E-state index >= 15 is 0 Å². The predicted molar refractivity (Wildman–Crippen MR) is 78.7 cm³/mol. The van der Waals surface area contributed by atoms with Crippen molar-refractivity contribution >= 4 is 23.2 Å². The molecule has 0 fully saturated rings. The molecule has 0 saturated carbocycles. The number of ether oxygens (including phenoxy) is 2. The van der Waals surface area contributed by atoms with Crippen LogP contribution < -0.4 is 9.47 Å². The number of hydrogen-bond donors (Lipinski definition) is 0. The molecule has 0 bridgehead atoms. The van der Waals surface area contributed by atoms with Crippen LogP contribution in [0.5, 0.6) is 11.5 Å². The van der Waals surface area contributed by atoms with Crippen LogP contribution in [-0.4, -0.2) is 14.2 Å². The summed E-state index contributed by atoms with van der Waals surface area (Å²) in [5.41, 5.74) is 1.77. The van der Waals surface area contributed by atoms with E-state index in [0.717, 1.165) is 16.9 Å². The summed E-state index contributed by atoms with van der Waals surface area (Å²) in [4.78, 5) is 0. The molecule has 2 aromatic carbocycles. The van der Waals surface area contributed by atoms with E-state index < -0.39 is 0 Å². The number of rotatable bonds is 4. The Kier molecular flexibility index (Phi) is 4.56. The van der Waals surface area contributed by atoms with Gasteiger partial charge in [0, 0.05) is 10.6 Å². The Labute approximate surface area is 122 Å². The maximum atomic E-state index is 6.52. The number of methoxy groups -OCH3 is 2. The van der Waals surface area contributed by atoms with Crippen LogP contribution in [0, 0.1) is 0 Å². The first kappa shape index (κ1) is 14.0. The molecule has 0 radical (unpaired) electrons. The largest absolute Gasteiger partial charge is 0.497 e. The molecule has 4 heteroatoms. The minimum absolute atomic E-state index is 0.344. The Morgan fingerprint density at radius 3 is 2.47 bits per heavy atom. The van der Waals surface area contributed by atoms with Crippen molar-refractivity contribution in [3.63, 3.8) is 0 Å². The van der Waals surface area contributed by atoms with Crippen molar-refractivity contribution in [1.82, 2.24) is 0 Å². The molecule has 0 aliphatic heterocycles. The van der Waals surface area contributed by atoms with Gasteiger partial charge in [0.15, 0.2) is 0 Å². The summed E-state index contributed by atoms with van der Waals surface area (Å²) in [5.74, 6) is 1.48. The van der Waals surface area contributed by atoms with Crippen LogP contribution in [0.15, 0.2) is 42.5 Å². The van der Waals surface area contributed by atoms with Gasteiger partial charge in [0.2, 0.25) is 0 Å². The van der Waals surface area contributed by atoms with Crippen molar-refractivity contribution in [1.29, 1.82) is 0 Å². The van der Waals surface area contributed by atoms with Gasteiger partial charge in [0.25, 0.3) is 0 Å². The maximum absolute atomic E-state index is 6.52. The van der Waals surface area contributed by atoms with Crippen molar-refractivity contribution in [2.75, 3.05) is 14.2 Å². The average molecular weight is 297 g/mol. The molecule has 2 nitrogen and oxygen atoms in total. The predicted octanol–water partition coefficient (Wildman–Crippen LogP) is 4.69. The highest BCUT2D eigenvalue weighted by Gasteiger charge is 2.16. The lowest BCUT2D eigenvalue weighted by atomic mass is 10.0. The van der Waals surface area contributed by atoms with Crippen molar-refractivity contribution in [3.8, 4) is 11.5 Å². The number of hydrogen-bond acceptors (Lipinski definition) is 2. The summed E-state index contributed by atoms with van der Waals surface area (Å²) in [6.07, 6.45) is 0. The van der Waals surface area contributed by atoms with Gasteiger partial charge in [-0.25, -0.2) is 0 Å². The number of benzene rings is 2. The van der Waals surface area contributed by atoms with Crippen LogP contribution in [0.25, 0.3) is 0 Å². The summed E-state index contributed by atoms with van der Waals surface area (Å²) < 4.78 is 10.5. The fraction of sp³-hybridized carbons (Fsp3) is 0.200. The first-order valence-electron chi connectivity index (χ1n) is 5.77. The lowest BCUT2D eigenvalue weighted by Crippen LogP contribution is -1.98. The van der Waals surface area contributed by atoms with E-state index in [0.29, 0.717) is 10.8 Å². The van der Waals surface area contributed by atoms with E-state index in [1.54, 1.807) is 20.3 Å². The summed E-state index contributed by atoms with van der Waals surface area (Å²) in [6.45, 7) is 0. The zero-order valence-corrected chi connectivity index (χ0v) is 12.2. The second kappa shape index (κ2) is 6.18.